The molecule has 3 rings (SSSR count). The quantitative estimate of drug-likeness (QED) is 0.858. The normalized spacial score (nSPS) is 15.9. The maximum absolute atomic E-state index is 13.2. The largest absolute Gasteiger partial charge is 0.361 e. The van der Waals surface area contributed by atoms with E-state index in [0.29, 0.717) is 0 Å². The highest BCUT2D eigenvalue weighted by atomic mass is 19.1. The van der Waals surface area contributed by atoms with Crippen LogP contribution in [0.2, 0.25) is 0 Å². The average molecular weight is 232 g/mol. The fraction of sp³-hybridized carbons (Fsp3) is 0.429. The van der Waals surface area contributed by atoms with E-state index in [4.69, 9.17) is 0 Å². The van der Waals surface area contributed by atoms with Crippen LogP contribution in [0.1, 0.15) is 18.4 Å². The van der Waals surface area contributed by atoms with E-state index < -0.39 is 0 Å². The summed E-state index contributed by atoms with van der Waals surface area (Å²) in [5, 5.41) is 1.02. The molecule has 0 unspecified atom stereocenters. The minimum Gasteiger partial charge on any atom is -0.361 e. The van der Waals surface area contributed by atoms with Gasteiger partial charge in [0.25, 0.3) is 0 Å². The molecule has 1 aromatic carbocycles. The molecule has 2 nitrogen and oxygen atoms in total. The van der Waals surface area contributed by atoms with Gasteiger partial charge in [-0.1, -0.05) is 0 Å². The van der Waals surface area contributed by atoms with Gasteiger partial charge in [-0.05, 0) is 50.1 Å². The highest BCUT2D eigenvalue weighted by Crippen LogP contribution is 2.26. The van der Waals surface area contributed by atoms with E-state index in [-0.39, 0.29) is 5.82 Å². The number of rotatable bonds is 4. The van der Waals surface area contributed by atoms with Crippen LogP contribution in [-0.2, 0) is 6.42 Å². The van der Waals surface area contributed by atoms with Crippen molar-refractivity contribution in [2.45, 2.75) is 25.3 Å². The highest BCUT2D eigenvalue weighted by Gasteiger charge is 2.25. The molecule has 1 aromatic heterocycles. The lowest BCUT2D eigenvalue weighted by Crippen LogP contribution is -2.23. The number of hydrogen-bond donors (Lipinski definition) is 1. The first-order valence-corrected chi connectivity index (χ1v) is 6.20. The first-order valence-electron chi connectivity index (χ1n) is 6.20. The Morgan fingerprint density at radius 1 is 1.41 bits per heavy atom. The van der Waals surface area contributed by atoms with Gasteiger partial charge in [0.15, 0.2) is 0 Å². The van der Waals surface area contributed by atoms with Crippen molar-refractivity contribution in [2.75, 3.05) is 13.6 Å². The number of nitrogens with one attached hydrogen (secondary N) is 1. The van der Waals surface area contributed by atoms with Crippen molar-refractivity contribution in [2.24, 2.45) is 0 Å². The summed E-state index contributed by atoms with van der Waals surface area (Å²) >= 11 is 0. The van der Waals surface area contributed by atoms with E-state index in [2.05, 4.69) is 16.9 Å². The number of halogens is 1. The molecule has 17 heavy (non-hydrogen) atoms. The van der Waals surface area contributed by atoms with Crippen LogP contribution in [-0.4, -0.2) is 29.5 Å². The van der Waals surface area contributed by atoms with Crippen LogP contribution in [0.3, 0.4) is 0 Å². The van der Waals surface area contributed by atoms with E-state index in [1.165, 1.54) is 24.5 Å². The number of aromatic nitrogens is 1. The van der Waals surface area contributed by atoms with Gasteiger partial charge in [-0.15, -0.1) is 0 Å². The number of fused-ring (bicyclic) bond motifs is 1. The molecule has 1 fully saturated rings. The van der Waals surface area contributed by atoms with Crippen molar-refractivity contribution in [1.29, 1.82) is 0 Å². The molecule has 2 aromatic rings. The highest BCUT2D eigenvalue weighted by molar-refractivity contribution is 5.83. The van der Waals surface area contributed by atoms with Gasteiger partial charge in [0.1, 0.15) is 5.82 Å². The number of nitrogens with zero attached hydrogens (tertiary/aromatic N) is 1. The monoisotopic (exact) mass is 232 g/mol. The van der Waals surface area contributed by atoms with Crippen molar-refractivity contribution in [1.82, 2.24) is 9.88 Å². The Labute approximate surface area is 100 Å². The third kappa shape index (κ3) is 2.20. The predicted molar refractivity (Wildman–Crippen MR) is 67.6 cm³/mol. The topological polar surface area (TPSA) is 19.0 Å². The molecule has 1 N–H and O–H groups in total. The summed E-state index contributed by atoms with van der Waals surface area (Å²) in [5.74, 6) is -0.158. The predicted octanol–water partition coefficient (Wildman–Crippen LogP) is 2.94. The summed E-state index contributed by atoms with van der Waals surface area (Å²) in [6.45, 7) is 1.05. The van der Waals surface area contributed by atoms with Gasteiger partial charge in [0.2, 0.25) is 0 Å². The second kappa shape index (κ2) is 4.15. The molecule has 0 bridgehead atoms. The van der Waals surface area contributed by atoms with Crippen LogP contribution < -0.4 is 0 Å². The van der Waals surface area contributed by atoms with E-state index in [1.807, 2.05) is 6.20 Å². The minimum atomic E-state index is -0.158. The molecule has 1 heterocycles. The maximum atomic E-state index is 13.2. The molecule has 0 amide bonds. The van der Waals surface area contributed by atoms with E-state index in [9.17, 15) is 4.39 Å². The molecule has 0 atom stereocenters. The molecular weight excluding hydrogens is 215 g/mol. The maximum Gasteiger partial charge on any atom is 0.123 e. The fourth-order valence-corrected chi connectivity index (χ4v) is 2.35. The van der Waals surface area contributed by atoms with Crippen LogP contribution in [0.4, 0.5) is 4.39 Å². The number of H-pyrrole nitrogens is 1. The lowest BCUT2D eigenvalue weighted by Gasteiger charge is -2.14. The van der Waals surface area contributed by atoms with Gasteiger partial charge in [-0.2, -0.15) is 0 Å². The molecule has 0 spiro atoms. The van der Waals surface area contributed by atoms with Gasteiger partial charge in [0, 0.05) is 29.7 Å². The smallest absolute Gasteiger partial charge is 0.123 e. The molecule has 0 radical (unpaired) electrons. The summed E-state index contributed by atoms with van der Waals surface area (Å²) in [6.07, 6.45) is 5.65. The zero-order chi connectivity index (χ0) is 11.8. The van der Waals surface area contributed by atoms with Gasteiger partial charge in [-0.25, -0.2) is 4.39 Å². The summed E-state index contributed by atoms with van der Waals surface area (Å²) in [4.78, 5) is 5.60. The van der Waals surface area contributed by atoms with Gasteiger partial charge < -0.3 is 9.88 Å². The van der Waals surface area contributed by atoms with Gasteiger partial charge in [-0.3, -0.25) is 0 Å². The molecule has 1 aliphatic carbocycles. The Morgan fingerprint density at radius 2 is 2.24 bits per heavy atom. The van der Waals surface area contributed by atoms with Crippen LogP contribution >= 0.6 is 0 Å². The standard InChI is InChI=1S/C14H17FN2/c1-17(12-3-4-12)7-6-10-9-16-14-5-2-11(15)8-13(10)14/h2,5,8-9,12,16H,3-4,6-7H2,1H3. The Morgan fingerprint density at radius 3 is 3.00 bits per heavy atom. The molecule has 1 aliphatic rings. The van der Waals surface area contributed by atoms with Crippen LogP contribution in [0.5, 0.6) is 0 Å². The summed E-state index contributed by atoms with van der Waals surface area (Å²) in [6, 6.07) is 5.72. The lowest BCUT2D eigenvalue weighted by molar-refractivity contribution is 0.329. The van der Waals surface area contributed by atoms with Crippen LogP contribution in [0.15, 0.2) is 24.4 Å². The fourth-order valence-electron chi connectivity index (χ4n) is 2.35. The van der Waals surface area contributed by atoms with Crippen molar-refractivity contribution < 1.29 is 4.39 Å². The first kappa shape index (κ1) is 10.8. The van der Waals surface area contributed by atoms with E-state index in [1.54, 1.807) is 12.1 Å². The third-order valence-corrected chi connectivity index (χ3v) is 3.63. The molecule has 0 saturated heterocycles. The summed E-state index contributed by atoms with van der Waals surface area (Å²) in [5.41, 5.74) is 2.24. The van der Waals surface area contributed by atoms with Gasteiger partial charge >= 0.3 is 0 Å². The second-order valence-electron chi connectivity index (χ2n) is 4.97. The van der Waals surface area contributed by atoms with E-state index in [0.717, 1.165) is 29.9 Å². The first-order chi connectivity index (χ1) is 8.24. The zero-order valence-electron chi connectivity index (χ0n) is 10.0. The number of likely N-dealkylation sites (N-methyl/N-ethyl adjacent to an activating group) is 1. The van der Waals surface area contributed by atoms with E-state index >= 15 is 0 Å². The third-order valence-electron chi connectivity index (χ3n) is 3.63. The van der Waals surface area contributed by atoms with Crippen molar-refractivity contribution in [3.05, 3.63) is 35.8 Å². The molecule has 90 valence electrons. The van der Waals surface area contributed by atoms with Crippen molar-refractivity contribution in [3.63, 3.8) is 0 Å². The van der Waals surface area contributed by atoms with Crippen molar-refractivity contribution >= 4 is 10.9 Å². The molecular formula is C14H17FN2. The molecule has 1 saturated carbocycles. The summed E-state index contributed by atoms with van der Waals surface area (Å²) < 4.78 is 13.2. The Balaban J connectivity index is 1.77. The lowest BCUT2D eigenvalue weighted by atomic mass is 10.1. The van der Waals surface area contributed by atoms with Crippen LogP contribution in [0, 0.1) is 5.82 Å². The number of aromatic amines is 1. The zero-order valence-corrected chi connectivity index (χ0v) is 10.0. The Hall–Kier alpha value is -1.35. The van der Waals surface area contributed by atoms with Crippen LogP contribution in [0.25, 0.3) is 10.9 Å². The SMILES string of the molecule is CN(CCc1c[nH]c2ccc(F)cc12)C1CC1. The minimum absolute atomic E-state index is 0.158. The molecule has 0 aliphatic heterocycles. The number of hydrogen-bond acceptors (Lipinski definition) is 1. The second-order valence-corrected chi connectivity index (χ2v) is 4.97. The average Bonchev–Trinajstić information content (AvgIpc) is 3.09. The number of benzene rings is 1. The molecule has 3 heteroatoms. The van der Waals surface area contributed by atoms with Gasteiger partial charge in [0.05, 0.1) is 0 Å². The Kier molecular flexibility index (Phi) is 2.63. The summed E-state index contributed by atoms with van der Waals surface area (Å²) in [7, 11) is 2.17. The van der Waals surface area contributed by atoms with Crippen molar-refractivity contribution in [3.8, 4) is 0 Å². The Bertz CT molecular complexity index is 528.